The highest BCUT2D eigenvalue weighted by Gasteiger charge is 2.04. The summed E-state index contributed by atoms with van der Waals surface area (Å²) in [5, 5.41) is 5.07. The lowest BCUT2D eigenvalue weighted by Crippen LogP contribution is -2.16. The Balaban J connectivity index is 1.57. The predicted molar refractivity (Wildman–Crippen MR) is 85.1 cm³/mol. The number of halogens is 2. The molecule has 0 aliphatic heterocycles. The van der Waals surface area contributed by atoms with Crippen LogP contribution in [0.1, 0.15) is 11.1 Å². The van der Waals surface area contributed by atoms with E-state index in [1.165, 1.54) is 23.1 Å². The maximum atomic E-state index is 13.0. The number of rotatable bonds is 5. The van der Waals surface area contributed by atoms with Gasteiger partial charge in [0.2, 0.25) is 0 Å². The normalized spacial score (nSPS) is 11.1. The minimum atomic E-state index is -0.303. The van der Waals surface area contributed by atoms with E-state index in [1.807, 2.05) is 12.1 Å². The van der Waals surface area contributed by atoms with E-state index in [4.69, 9.17) is 11.6 Å². The highest BCUT2D eigenvalue weighted by molar-refractivity contribution is 6.31. The quantitative estimate of drug-likeness (QED) is 0.676. The second kappa shape index (κ2) is 6.29. The van der Waals surface area contributed by atoms with E-state index in [0.717, 1.165) is 24.0 Å². The fourth-order valence-electron chi connectivity index (χ4n) is 2.45. The van der Waals surface area contributed by atoms with Crippen molar-refractivity contribution in [1.82, 2.24) is 10.3 Å². The average Bonchev–Trinajstić information content (AvgIpc) is 2.89. The molecule has 0 unspecified atom stereocenters. The van der Waals surface area contributed by atoms with Gasteiger partial charge in [0.1, 0.15) is 5.82 Å². The minimum Gasteiger partial charge on any atom is -0.361 e. The molecule has 4 heteroatoms. The van der Waals surface area contributed by atoms with E-state index < -0.39 is 0 Å². The zero-order valence-electron chi connectivity index (χ0n) is 11.5. The second-order valence-corrected chi connectivity index (χ2v) is 5.43. The van der Waals surface area contributed by atoms with Crippen molar-refractivity contribution in [1.29, 1.82) is 0 Å². The zero-order chi connectivity index (χ0) is 14.7. The summed E-state index contributed by atoms with van der Waals surface area (Å²) in [6.45, 7) is 1.48. The molecule has 0 saturated carbocycles. The van der Waals surface area contributed by atoms with Crippen molar-refractivity contribution in [3.8, 4) is 0 Å². The summed E-state index contributed by atoms with van der Waals surface area (Å²) in [5.41, 5.74) is 3.37. The summed E-state index contributed by atoms with van der Waals surface area (Å²) in [4.78, 5) is 3.27. The number of hydrogen-bond donors (Lipinski definition) is 2. The van der Waals surface area contributed by atoms with Crippen molar-refractivity contribution in [2.45, 2.75) is 13.0 Å². The number of aromatic nitrogens is 1. The van der Waals surface area contributed by atoms with E-state index in [2.05, 4.69) is 28.6 Å². The van der Waals surface area contributed by atoms with Gasteiger partial charge in [0, 0.05) is 28.7 Å². The molecule has 0 amide bonds. The van der Waals surface area contributed by atoms with Gasteiger partial charge in [-0.2, -0.15) is 0 Å². The van der Waals surface area contributed by atoms with Crippen LogP contribution in [0.25, 0.3) is 10.9 Å². The van der Waals surface area contributed by atoms with E-state index in [1.54, 1.807) is 6.07 Å². The molecule has 0 spiro atoms. The molecule has 0 saturated heterocycles. The van der Waals surface area contributed by atoms with Gasteiger partial charge in [0.15, 0.2) is 0 Å². The Morgan fingerprint density at radius 3 is 2.81 bits per heavy atom. The van der Waals surface area contributed by atoms with Crippen molar-refractivity contribution in [3.05, 3.63) is 70.6 Å². The van der Waals surface area contributed by atoms with Crippen LogP contribution in [0.2, 0.25) is 5.02 Å². The molecule has 21 heavy (non-hydrogen) atoms. The molecular formula is C17H16ClFN2. The van der Waals surface area contributed by atoms with Gasteiger partial charge in [0.05, 0.1) is 0 Å². The van der Waals surface area contributed by atoms with Gasteiger partial charge in [-0.1, -0.05) is 35.9 Å². The third kappa shape index (κ3) is 3.26. The highest BCUT2D eigenvalue weighted by Crippen LogP contribution is 2.18. The third-order valence-corrected chi connectivity index (χ3v) is 3.93. The molecule has 1 aromatic heterocycles. The molecule has 0 fully saturated rings. The Morgan fingerprint density at radius 1 is 1.10 bits per heavy atom. The molecule has 3 aromatic rings. The summed E-state index contributed by atoms with van der Waals surface area (Å²) in [6, 6.07) is 12.8. The lowest BCUT2D eigenvalue weighted by atomic mass is 10.1. The van der Waals surface area contributed by atoms with Crippen LogP contribution in [0.3, 0.4) is 0 Å². The topological polar surface area (TPSA) is 27.8 Å². The molecule has 0 radical (unpaired) electrons. The number of para-hydroxylation sites is 1. The van der Waals surface area contributed by atoms with Gasteiger partial charge in [-0.05, 0) is 42.3 Å². The molecule has 2 N–H and O–H groups in total. The predicted octanol–water partition coefficient (Wildman–Crippen LogP) is 4.29. The van der Waals surface area contributed by atoms with Crippen LogP contribution in [0.4, 0.5) is 4.39 Å². The fraction of sp³-hybridized carbons (Fsp3) is 0.176. The smallest absolute Gasteiger partial charge is 0.124 e. The Hall–Kier alpha value is -1.84. The molecule has 0 aliphatic rings. The molecule has 0 atom stereocenters. The molecule has 1 heterocycles. The average molecular weight is 303 g/mol. The van der Waals surface area contributed by atoms with E-state index >= 15 is 0 Å². The third-order valence-electron chi connectivity index (χ3n) is 3.58. The largest absolute Gasteiger partial charge is 0.361 e. The van der Waals surface area contributed by atoms with E-state index in [-0.39, 0.29) is 5.82 Å². The van der Waals surface area contributed by atoms with Crippen molar-refractivity contribution < 1.29 is 4.39 Å². The Labute approximate surface area is 127 Å². The summed E-state index contributed by atoms with van der Waals surface area (Å²) < 4.78 is 13.0. The maximum Gasteiger partial charge on any atom is 0.124 e. The molecule has 3 rings (SSSR count). The lowest BCUT2D eigenvalue weighted by molar-refractivity contribution is 0.625. The van der Waals surface area contributed by atoms with Crippen LogP contribution in [0.5, 0.6) is 0 Å². The first-order valence-electron chi connectivity index (χ1n) is 6.93. The highest BCUT2D eigenvalue weighted by atomic mass is 35.5. The van der Waals surface area contributed by atoms with Crippen molar-refractivity contribution in [3.63, 3.8) is 0 Å². The second-order valence-electron chi connectivity index (χ2n) is 5.02. The summed E-state index contributed by atoms with van der Waals surface area (Å²) >= 11 is 6.00. The van der Waals surface area contributed by atoms with Gasteiger partial charge >= 0.3 is 0 Å². The van der Waals surface area contributed by atoms with Crippen LogP contribution in [0, 0.1) is 5.82 Å². The Morgan fingerprint density at radius 2 is 1.95 bits per heavy atom. The number of benzene rings is 2. The Bertz CT molecular complexity index is 751. The molecule has 0 bridgehead atoms. The van der Waals surface area contributed by atoms with Crippen molar-refractivity contribution in [2.24, 2.45) is 0 Å². The molecule has 2 nitrogen and oxygen atoms in total. The van der Waals surface area contributed by atoms with Gasteiger partial charge in [-0.15, -0.1) is 0 Å². The van der Waals surface area contributed by atoms with Gasteiger partial charge in [-0.25, -0.2) is 4.39 Å². The number of H-pyrrole nitrogens is 1. The van der Waals surface area contributed by atoms with Crippen LogP contribution >= 0.6 is 11.6 Å². The zero-order valence-corrected chi connectivity index (χ0v) is 12.3. The molecule has 0 aliphatic carbocycles. The summed E-state index contributed by atoms with van der Waals surface area (Å²) in [7, 11) is 0. The minimum absolute atomic E-state index is 0.303. The first-order chi connectivity index (χ1) is 10.2. The fourth-order valence-corrected chi connectivity index (χ4v) is 2.68. The van der Waals surface area contributed by atoms with Crippen molar-refractivity contribution in [2.75, 3.05) is 6.54 Å². The van der Waals surface area contributed by atoms with Gasteiger partial charge in [0.25, 0.3) is 0 Å². The summed E-state index contributed by atoms with van der Waals surface area (Å²) in [5.74, 6) is -0.303. The first kappa shape index (κ1) is 14.1. The standard InChI is InChI=1S/C17H16ClFN2/c18-16-9-14(19)6-5-13(16)10-20-8-7-12-11-21-17-4-2-1-3-15(12)17/h1-6,9,11,20-21H,7-8,10H2. The number of aromatic amines is 1. The molecule has 108 valence electrons. The lowest BCUT2D eigenvalue weighted by Gasteiger charge is -2.06. The molecular weight excluding hydrogens is 287 g/mol. The van der Waals surface area contributed by atoms with E-state index in [0.29, 0.717) is 11.6 Å². The van der Waals surface area contributed by atoms with E-state index in [9.17, 15) is 4.39 Å². The summed E-state index contributed by atoms with van der Waals surface area (Å²) in [6.07, 6.45) is 2.99. The monoisotopic (exact) mass is 302 g/mol. The maximum absolute atomic E-state index is 13.0. The Kier molecular flexibility index (Phi) is 4.23. The molecule has 2 aromatic carbocycles. The van der Waals surface area contributed by atoms with Gasteiger partial charge < -0.3 is 10.3 Å². The van der Waals surface area contributed by atoms with Crippen LogP contribution in [-0.4, -0.2) is 11.5 Å². The van der Waals surface area contributed by atoms with Gasteiger partial charge in [-0.3, -0.25) is 0 Å². The van der Waals surface area contributed by atoms with Crippen LogP contribution in [0.15, 0.2) is 48.7 Å². The number of hydrogen-bond acceptors (Lipinski definition) is 1. The van der Waals surface area contributed by atoms with Crippen LogP contribution < -0.4 is 5.32 Å². The first-order valence-corrected chi connectivity index (χ1v) is 7.31. The SMILES string of the molecule is Fc1ccc(CNCCc2c[nH]c3ccccc23)c(Cl)c1. The van der Waals surface area contributed by atoms with Crippen molar-refractivity contribution >= 4 is 22.5 Å². The van der Waals surface area contributed by atoms with Crippen LogP contribution in [-0.2, 0) is 13.0 Å². The number of fused-ring (bicyclic) bond motifs is 1. The number of nitrogens with one attached hydrogen (secondary N) is 2.